The Bertz CT molecular complexity index is 868. The number of carbonyl (C=O) groups excluding carboxylic acids is 3. The minimum absolute atomic E-state index is 0.123. The van der Waals surface area contributed by atoms with Gasteiger partial charge in [0.1, 0.15) is 9.88 Å². The predicted octanol–water partition coefficient (Wildman–Crippen LogP) is 1.63. The van der Waals surface area contributed by atoms with E-state index in [9.17, 15) is 22.8 Å². The Hall–Kier alpha value is -1.98. The first kappa shape index (κ1) is 22.3. The van der Waals surface area contributed by atoms with Gasteiger partial charge in [0.25, 0.3) is 0 Å². The number of hydrogen-bond donors (Lipinski definition) is 1. The molecule has 28 heavy (non-hydrogen) atoms. The van der Waals surface area contributed by atoms with Crippen molar-refractivity contribution in [3.8, 4) is 0 Å². The van der Waals surface area contributed by atoms with Crippen LogP contribution in [0.5, 0.6) is 0 Å². The van der Waals surface area contributed by atoms with Crippen molar-refractivity contribution in [2.75, 3.05) is 38.4 Å². The maximum atomic E-state index is 12.7. The van der Waals surface area contributed by atoms with Gasteiger partial charge in [-0.25, -0.2) is 22.3 Å². The van der Waals surface area contributed by atoms with Crippen molar-refractivity contribution in [3.63, 3.8) is 0 Å². The molecule has 0 aromatic carbocycles. The highest BCUT2D eigenvalue weighted by molar-refractivity contribution is 7.88. The number of thiophene rings is 1. The molecular formula is C17H24N2O7S2. The monoisotopic (exact) mass is 432 g/mol. The summed E-state index contributed by atoms with van der Waals surface area (Å²) in [5, 5.41) is 2.94. The Morgan fingerprint density at radius 3 is 2.32 bits per heavy atom. The van der Waals surface area contributed by atoms with E-state index in [2.05, 4.69) is 5.32 Å². The highest BCUT2D eigenvalue weighted by Crippen LogP contribution is 2.35. The van der Waals surface area contributed by atoms with Crippen molar-refractivity contribution < 1.29 is 32.3 Å². The first-order valence-corrected chi connectivity index (χ1v) is 11.4. The van der Waals surface area contributed by atoms with Crippen LogP contribution in [0.4, 0.5) is 5.00 Å². The van der Waals surface area contributed by atoms with Gasteiger partial charge in [-0.3, -0.25) is 4.79 Å². The molecule has 1 aromatic heterocycles. The number of carbonyl (C=O) groups is 3. The zero-order valence-corrected chi connectivity index (χ0v) is 17.9. The third kappa shape index (κ3) is 4.89. The van der Waals surface area contributed by atoms with Gasteiger partial charge in [-0.1, -0.05) is 0 Å². The lowest BCUT2D eigenvalue weighted by atomic mass is 9.97. The number of nitrogens with one attached hydrogen (secondary N) is 1. The second-order valence-corrected chi connectivity index (χ2v) is 9.40. The van der Waals surface area contributed by atoms with Crippen LogP contribution in [0.1, 0.15) is 45.4 Å². The number of sulfonamides is 1. The number of nitrogens with zero attached hydrogens (tertiary/aromatic N) is 1. The number of rotatable bonds is 6. The first-order chi connectivity index (χ1) is 13.1. The molecule has 0 atom stereocenters. The molecule has 0 aliphatic carbocycles. The first-order valence-electron chi connectivity index (χ1n) is 8.74. The molecule has 0 radical (unpaired) electrons. The van der Waals surface area contributed by atoms with Crippen LogP contribution in [-0.4, -0.2) is 63.6 Å². The standard InChI is InChI=1S/C17H24N2O7S2/c1-5-26-17(22)13-10(2)12(16(21)25-3)15(27-13)18-14(20)11-6-8-19(9-7-11)28(4,23)24/h11H,5-9H2,1-4H3,(H,18,20). The number of piperidine rings is 1. The van der Waals surface area contributed by atoms with Gasteiger partial charge in [-0.05, 0) is 32.3 Å². The topological polar surface area (TPSA) is 119 Å². The fourth-order valence-corrected chi connectivity index (χ4v) is 4.97. The molecule has 9 nitrogen and oxygen atoms in total. The molecule has 0 bridgehead atoms. The summed E-state index contributed by atoms with van der Waals surface area (Å²) in [5.74, 6) is -1.95. The maximum absolute atomic E-state index is 12.7. The van der Waals surface area contributed by atoms with Crippen LogP contribution in [0.3, 0.4) is 0 Å². The lowest BCUT2D eigenvalue weighted by Crippen LogP contribution is -2.40. The molecule has 1 aliphatic rings. The van der Waals surface area contributed by atoms with Gasteiger partial charge < -0.3 is 14.8 Å². The number of hydrogen-bond acceptors (Lipinski definition) is 8. The van der Waals surface area contributed by atoms with Crippen molar-refractivity contribution in [2.45, 2.75) is 26.7 Å². The average Bonchev–Trinajstić information content (AvgIpc) is 2.96. The molecule has 1 N–H and O–H groups in total. The third-order valence-electron chi connectivity index (χ3n) is 4.53. The molecule has 1 fully saturated rings. The Labute approximate surface area is 168 Å². The van der Waals surface area contributed by atoms with Gasteiger partial charge in [0.15, 0.2) is 0 Å². The number of amides is 1. The van der Waals surface area contributed by atoms with E-state index in [-0.39, 0.29) is 41.0 Å². The van der Waals surface area contributed by atoms with E-state index in [1.807, 2.05) is 0 Å². The normalized spacial score (nSPS) is 15.9. The van der Waals surface area contributed by atoms with E-state index in [1.54, 1.807) is 13.8 Å². The number of anilines is 1. The zero-order chi connectivity index (χ0) is 21.1. The molecule has 156 valence electrons. The summed E-state index contributed by atoms with van der Waals surface area (Å²) in [4.78, 5) is 37.2. The minimum atomic E-state index is -3.28. The largest absolute Gasteiger partial charge is 0.465 e. The summed E-state index contributed by atoms with van der Waals surface area (Å²) in [5.41, 5.74) is 0.509. The summed E-state index contributed by atoms with van der Waals surface area (Å²) in [7, 11) is -2.06. The van der Waals surface area contributed by atoms with Crippen LogP contribution in [0, 0.1) is 12.8 Å². The van der Waals surface area contributed by atoms with Crippen LogP contribution in [-0.2, 0) is 24.3 Å². The van der Waals surface area contributed by atoms with Crippen molar-refractivity contribution in [3.05, 3.63) is 16.0 Å². The van der Waals surface area contributed by atoms with Gasteiger partial charge in [0.2, 0.25) is 15.9 Å². The van der Waals surface area contributed by atoms with Gasteiger partial charge in [-0.15, -0.1) is 11.3 Å². The molecule has 0 spiro atoms. The molecule has 1 aromatic rings. The molecule has 2 heterocycles. The van der Waals surface area contributed by atoms with Crippen LogP contribution < -0.4 is 5.32 Å². The van der Waals surface area contributed by atoms with Crippen molar-refractivity contribution >= 4 is 44.2 Å². The fraction of sp³-hybridized carbons (Fsp3) is 0.588. The molecule has 1 amide bonds. The quantitative estimate of drug-likeness (QED) is 0.679. The Morgan fingerprint density at radius 1 is 1.21 bits per heavy atom. The van der Waals surface area contributed by atoms with Crippen molar-refractivity contribution in [1.82, 2.24) is 4.31 Å². The van der Waals surface area contributed by atoms with E-state index >= 15 is 0 Å². The van der Waals surface area contributed by atoms with E-state index in [4.69, 9.17) is 9.47 Å². The Balaban J connectivity index is 2.20. The lowest BCUT2D eigenvalue weighted by Gasteiger charge is -2.29. The van der Waals surface area contributed by atoms with Crippen LogP contribution in [0.25, 0.3) is 0 Å². The highest BCUT2D eigenvalue weighted by Gasteiger charge is 2.31. The van der Waals surface area contributed by atoms with E-state index in [0.29, 0.717) is 18.4 Å². The molecule has 0 unspecified atom stereocenters. The van der Waals surface area contributed by atoms with E-state index in [0.717, 1.165) is 17.6 Å². The van der Waals surface area contributed by atoms with Gasteiger partial charge >= 0.3 is 11.9 Å². The smallest absolute Gasteiger partial charge is 0.348 e. The van der Waals surface area contributed by atoms with Crippen LogP contribution in [0.2, 0.25) is 0 Å². The zero-order valence-electron chi connectivity index (χ0n) is 16.2. The fourth-order valence-electron chi connectivity index (χ4n) is 3.00. The van der Waals surface area contributed by atoms with E-state index in [1.165, 1.54) is 11.4 Å². The SMILES string of the molecule is CCOC(=O)c1sc(NC(=O)C2CCN(S(C)(=O)=O)CC2)c(C(=O)OC)c1C. The summed E-state index contributed by atoms with van der Waals surface area (Å²) in [6.07, 6.45) is 1.89. The summed E-state index contributed by atoms with van der Waals surface area (Å²) >= 11 is 0.961. The molecule has 11 heteroatoms. The maximum Gasteiger partial charge on any atom is 0.348 e. The van der Waals surface area contributed by atoms with Crippen LogP contribution in [0.15, 0.2) is 0 Å². The van der Waals surface area contributed by atoms with Gasteiger partial charge in [0.05, 0.1) is 25.5 Å². The number of ether oxygens (including phenoxy) is 2. The number of methoxy groups -OCH3 is 1. The predicted molar refractivity (Wildman–Crippen MR) is 104 cm³/mol. The second kappa shape index (κ2) is 9.01. The Morgan fingerprint density at radius 2 is 1.82 bits per heavy atom. The van der Waals surface area contributed by atoms with Crippen LogP contribution >= 0.6 is 11.3 Å². The molecular weight excluding hydrogens is 408 g/mol. The lowest BCUT2D eigenvalue weighted by molar-refractivity contribution is -0.120. The minimum Gasteiger partial charge on any atom is -0.465 e. The molecule has 1 aliphatic heterocycles. The van der Waals surface area contributed by atoms with Gasteiger partial charge in [-0.2, -0.15) is 0 Å². The average molecular weight is 433 g/mol. The summed E-state index contributed by atoms with van der Waals surface area (Å²) in [6.45, 7) is 3.98. The highest BCUT2D eigenvalue weighted by atomic mass is 32.2. The molecule has 1 saturated heterocycles. The van der Waals surface area contributed by atoms with E-state index < -0.39 is 27.9 Å². The second-order valence-electron chi connectivity index (χ2n) is 6.40. The van der Waals surface area contributed by atoms with Crippen molar-refractivity contribution in [1.29, 1.82) is 0 Å². The van der Waals surface area contributed by atoms with Gasteiger partial charge in [0, 0.05) is 19.0 Å². The van der Waals surface area contributed by atoms with Crippen molar-refractivity contribution in [2.24, 2.45) is 5.92 Å². The Kier molecular flexibility index (Phi) is 7.18. The molecule has 0 saturated carbocycles. The summed E-state index contributed by atoms with van der Waals surface area (Å²) in [6, 6.07) is 0. The number of esters is 2. The molecule has 2 rings (SSSR count). The third-order valence-corrected chi connectivity index (χ3v) is 7.02. The summed E-state index contributed by atoms with van der Waals surface area (Å²) < 4.78 is 34.3.